The number of fused-ring (bicyclic) bond motifs is 1. The molecule has 1 aliphatic heterocycles. The van der Waals surface area contributed by atoms with Crippen molar-refractivity contribution in [1.29, 1.82) is 0 Å². The molecular formula is C18H22Cl2N2OS. The van der Waals surface area contributed by atoms with E-state index in [1.807, 2.05) is 48.3 Å². The number of rotatable bonds is 4. The molecule has 0 bridgehead atoms. The minimum Gasteiger partial charge on any atom is -0.342 e. The number of amides is 1. The van der Waals surface area contributed by atoms with Crippen molar-refractivity contribution in [2.75, 3.05) is 25.9 Å². The zero-order valence-corrected chi connectivity index (χ0v) is 16.0. The Hall–Kier alpha value is -0.940. The SMILES string of the molecule is CN(C(=O)CSc1cccc2cccc(Cl)c12)C1CCNCC1.Cl. The van der Waals surface area contributed by atoms with Crippen molar-refractivity contribution < 1.29 is 4.79 Å². The molecule has 2 aromatic carbocycles. The summed E-state index contributed by atoms with van der Waals surface area (Å²) in [7, 11) is 1.93. The number of hydrogen-bond acceptors (Lipinski definition) is 3. The molecule has 6 heteroatoms. The normalized spacial score (nSPS) is 15.1. The second-order valence-corrected chi connectivity index (χ2v) is 7.29. The van der Waals surface area contributed by atoms with E-state index in [2.05, 4.69) is 5.32 Å². The van der Waals surface area contributed by atoms with Crippen LogP contribution in [0.5, 0.6) is 0 Å². The lowest BCUT2D eigenvalue weighted by Gasteiger charge is -2.31. The Morgan fingerprint density at radius 2 is 1.92 bits per heavy atom. The van der Waals surface area contributed by atoms with Crippen LogP contribution in [0, 0.1) is 0 Å². The van der Waals surface area contributed by atoms with Gasteiger partial charge in [0.2, 0.25) is 5.91 Å². The van der Waals surface area contributed by atoms with E-state index < -0.39 is 0 Å². The number of thioether (sulfide) groups is 1. The molecule has 1 heterocycles. The van der Waals surface area contributed by atoms with Crippen LogP contribution in [0.1, 0.15) is 12.8 Å². The van der Waals surface area contributed by atoms with Gasteiger partial charge in [-0.3, -0.25) is 4.79 Å². The van der Waals surface area contributed by atoms with Gasteiger partial charge < -0.3 is 10.2 Å². The zero-order valence-electron chi connectivity index (χ0n) is 13.6. The maximum atomic E-state index is 12.5. The summed E-state index contributed by atoms with van der Waals surface area (Å²) in [6.07, 6.45) is 2.07. The summed E-state index contributed by atoms with van der Waals surface area (Å²) in [5.41, 5.74) is 0. The van der Waals surface area contributed by atoms with Crippen molar-refractivity contribution >= 4 is 52.4 Å². The summed E-state index contributed by atoms with van der Waals surface area (Å²) in [6, 6.07) is 12.4. The van der Waals surface area contributed by atoms with E-state index >= 15 is 0 Å². The van der Waals surface area contributed by atoms with Gasteiger partial charge in [-0.25, -0.2) is 0 Å². The monoisotopic (exact) mass is 384 g/mol. The highest BCUT2D eigenvalue weighted by atomic mass is 35.5. The first-order chi connectivity index (χ1) is 11.2. The summed E-state index contributed by atoms with van der Waals surface area (Å²) >= 11 is 7.92. The number of nitrogens with one attached hydrogen (secondary N) is 1. The molecule has 0 saturated carbocycles. The van der Waals surface area contributed by atoms with Crippen LogP contribution in [0.15, 0.2) is 41.3 Å². The summed E-state index contributed by atoms with van der Waals surface area (Å²) in [5.74, 6) is 0.635. The van der Waals surface area contributed by atoms with Crippen LogP contribution in [0.2, 0.25) is 5.02 Å². The molecule has 0 aromatic heterocycles. The van der Waals surface area contributed by atoms with Crippen molar-refractivity contribution in [3.05, 3.63) is 41.4 Å². The molecule has 2 aromatic rings. The standard InChI is InChI=1S/C18H21ClN2OS.ClH/c1-21(14-8-10-20-11-9-14)17(22)12-23-16-7-3-5-13-4-2-6-15(19)18(13)16;/h2-7,14,20H,8-12H2,1H3;1H. The smallest absolute Gasteiger partial charge is 0.232 e. The van der Waals surface area contributed by atoms with Crippen LogP contribution in [0.3, 0.4) is 0 Å². The molecule has 1 N–H and O–H groups in total. The maximum absolute atomic E-state index is 12.5. The van der Waals surface area contributed by atoms with E-state index in [4.69, 9.17) is 11.6 Å². The van der Waals surface area contributed by atoms with Crippen molar-refractivity contribution in [2.45, 2.75) is 23.8 Å². The predicted octanol–water partition coefficient (Wildman–Crippen LogP) is 4.22. The average molecular weight is 385 g/mol. The molecule has 0 radical (unpaired) electrons. The number of nitrogens with zero attached hydrogens (tertiary/aromatic N) is 1. The van der Waals surface area contributed by atoms with E-state index in [1.54, 1.807) is 11.8 Å². The number of halogens is 2. The van der Waals surface area contributed by atoms with Crippen LogP contribution < -0.4 is 5.32 Å². The van der Waals surface area contributed by atoms with Crippen LogP contribution in [0.4, 0.5) is 0 Å². The summed E-state index contributed by atoms with van der Waals surface area (Å²) in [4.78, 5) is 15.5. The molecule has 3 rings (SSSR count). The van der Waals surface area contributed by atoms with Crippen molar-refractivity contribution in [2.24, 2.45) is 0 Å². The van der Waals surface area contributed by atoms with Crippen LogP contribution >= 0.6 is 35.8 Å². The minimum absolute atomic E-state index is 0. The number of carbonyl (C=O) groups excluding carboxylic acids is 1. The molecule has 130 valence electrons. The van der Waals surface area contributed by atoms with E-state index in [0.29, 0.717) is 11.8 Å². The van der Waals surface area contributed by atoms with Gasteiger partial charge in [0.15, 0.2) is 0 Å². The fraction of sp³-hybridized carbons (Fsp3) is 0.389. The van der Waals surface area contributed by atoms with E-state index in [1.165, 1.54) is 0 Å². The molecule has 1 fully saturated rings. The molecule has 24 heavy (non-hydrogen) atoms. The summed E-state index contributed by atoms with van der Waals surface area (Å²) in [5, 5.41) is 6.23. The van der Waals surface area contributed by atoms with Gasteiger partial charge in [-0.1, -0.05) is 35.9 Å². The minimum atomic E-state index is 0. The Bertz CT molecular complexity index is 699. The second-order valence-electron chi connectivity index (χ2n) is 5.87. The molecule has 1 amide bonds. The third-order valence-corrected chi connectivity index (χ3v) is 5.77. The van der Waals surface area contributed by atoms with Crippen molar-refractivity contribution in [1.82, 2.24) is 10.2 Å². The highest BCUT2D eigenvalue weighted by molar-refractivity contribution is 8.00. The number of benzene rings is 2. The largest absolute Gasteiger partial charge is 0.342 e. The van der Waals surface area contributed by atoms with Crippen LogP contribution in [0.25, 0.3) is 10.8 Å². The lowest BCUT2D eigenvalue weighted by Crippen LogP contribution is -2.44. The first-order valence-electron chi connectivity index (χ1n) is 7.93. The number of hydrogen-bond donors (Lipinski definition) is 1. The maximum Gasteiger partial charge on any atom is 0.232 e. The molecule has 0 spiro atoms. The van der Waals surface area contributed by atoms with Gasteiger partial charge >= 0.3 is 0 Å². The average Bonchev–Trinajstić information content (AvgIpc) is 2.60. The third-order valence-electron chi connectivity index (χ3n) is 4.42. The third kappa shape index (κ3) is 4.37. The highest BCUT2D eigenvalue weighted by Gasteiger charge is 2.22. The molecular weight excluding hydrogens is 363 g/mol. The van der Waals surface area contributed by atoms with Crippen molar-refractivity contribution in [3.63, 3.8) is 0 Å². The fourth-order valence-electron chi connectivity index (χ4n) is 3.02. The second kappa shape index (κ2) is 8.95. The first-order valence-corrected chi connectivity index (χ1v) is 9.29. The van der Waals surface area contributed by atoms with E-state index in [9.17, 15) is 4.79 Å². The lowest BCUT2D eigenvalue weighted by atomic mass is 10.1. The highest BCUT2D eigenvalue weighted by Crippen LogP contribution is 2.33. The molecule has 1 saturated heterocycles. The molecule has 1 aliphatic rings. The molecule has 0 unspecified atom stereocenters. The molecule has 3 nitrogen and oxygen atoms in total. The van der Waals surface area contributed by atoms with Crippen LogP contribution in [-0.4, -0.2) is 42.7 Å². The number of carbonyl (C=O) groups is 1. The summed E-state index contributed by atoms with van der Waals surface area (Å²) < 4.78 is 0. The summed E-state index contributed by atoms with van der Waals surface area (Å²) in [6.45, 7) is 1.99. The zero-order chi connectivity index (χ0) is 16.2. The Balaban J connectivity index is 0.00000208. The molecule has 0 atom stereocenters. The van der Waals surface area contributed by atoms with Gasteiger partial charge in [0.1, 0.15) is 0 Å². The van der Waals surface area contributed by atoms with Gasteiger partial charge in [0.05, 0.1) is 5.75 Å². The lowest BCUT2D eigenvalue weighted by molar-refractivity contribution is -0.129. The number of piperidine rings is 1. The Labute approximate surface area is 158 Å². The topological polar surface area (TPSA) is 32.3 Å². The quantitative estimate of drug-likeness (QED) is 0.800. The predicted molar refractivity (Wildman–Crippen MR) is 106 cm³/mol. The van der Waals surface area contributed by atoms with Gasteiger partial charge in [-0.15, -0.1) is 24.2 Å². The van der Waals surface area contributed by atoms with E-state index in [-0.39, 0.29) is 18.3 Å². The Morgan fingerprint density at radius 3 is 2.62 bits per heavy atom. The fourth-order valence-corrected chi connectivity index (χ4v) is 4.39. The Morgan fingerprint density at radius 1 is 1.25 bits per heavy atom. The Kier molecular flexibility index (Phi) is 7.23. The van der Waals surface area contributed by atoms with Gasteiger partial charge in [0.25, 0.3) is 0 Å². The van der Waals surface area contributed by atoms with Crippen molar-refractivity contribution in [3.8, 4) is 0 Å². The van der Waals surface area contributed by atoms with Crippen LogP contribution in [-0.2, 0) is 4.79 Å². The molecule has 0 aliphatic carbocycles. The first kappa shape index (κ1) is 19.4. The van der Waals surface area contributed by atoms with Gasteiger partial charge in [-0.05, 0) is 43.5 Å². The van der Waals surface area contributed by atoms with Gasteiger partial charge in [0, 0.05) is 28.4 Å². The van der Waals surface area contributed by atoms with Gasteiger partial charge in [-0.2, -0.15) is 0 Å². The van der Waals surface area contributed by atoms with E-state index in [0.717, 1.165) is 46.6 Å².